The van der Waals surface area contributed by atoms with Crippen LogP contribution < -0.4 is 10.1 Å². The van der Waals surface area contributed by atoms with Gasteiger partial charge in [0.25, 0.3) is 0 Å². The predicted molar refractivity (Wildman–Crippen MR) is 113 cm³/mol. The van der Waals surface area contributed by atoms with Crippen LogP contribution in [0.3, 0.4) is 0 Å². The number of phenols is 1. The molecule has 156 valence electrons. The highest BCUT2D eigenvalue weighted by atomic mass is 16.5. The Morgan fingerprint density at radius 3 is 2.90 bits per heavy atom. The van der Waals surface area contributed by atoms with Gasteiger partial charge in [-0.05, 0) is 42.5 Å². The number of pyridine rings is 1. The average molecular weight is 398 g/mol. The molecule has 0 saturated carbocycles. The summed E-state index contributed by atoms with van der Waals surface area (Å²) in [5.74, 6) is 1.92. The summed E-state index contributed by atoms with van der Waals surface area (Å²) in [7, 11) is 1.60. The number of piperidine rings is 1. The van der Waals surface area contributed by atoms with E-state index in [2.05, 4.69) is 22.1 Å². The SMILES string of the molecule is CCC1CN(Cc2ccc(OC)cc2O)CCC1CC(=O)NCc1cccnc1. The molecule has 0 radical (unpaired) electrons. The van der Waals surface area contributed by atoms with Crippen LogP contribution in [0.5, 0.6) is 11.5 Å². The maximum absolute atomic E-state index is 12.4. The monoisotopic (exact) mass is 397 g/mol. The normalized spacial score (nSPS) is 19.7. The molecule has 0 aliphatic carbocycles. The molecule has 0 spiro atoms. The topological polar surface area (TPSA) is 74.7 Å². The summed E-state index contributed by atoms with van der Waals surface area (Å²) >= 11 is 0. The van der Waals surface area contributed by atoms with Crippen LogP contribution in [0.25, 0.3) is 0 Å². The average Bonchev–Trinajstić information content (AvgIpc) is 2.75. The molecule has 1 aromatic carbocycles. The molecule has 2 N–H and O–H groups in total. The van der Waals surface area contributed by atoms with Gasteiger partial charge >= 0.3 is 0 Å². The molecule has 1 aromatic heterocycles. The molecular weight excluding hydrogens is 366 g/mol. The van der Waals surface area contributed by atoms with Crippen molar-refractivity contribution in [3.63, 3.8) is 0 Å². The molecule has 1 aliphatic heterocycles. The van der Waals surface area contributed by atoms with E-state index in [1.807, 2.05) is 24.3 Å². The summed E-state index contributed by atoms with van der Waals surface area (Å²) in [6.45, 7) is 5.32. The van der Waals surface area contributed by atoms with Gasteiger partial charge in [0.1, 0.15) is 11.5 Å². The highest BCUT2D eigenvalue weighted by Gasteiger charge is 2.29. The van der Waals surface area contributed by atoms with Crippen molar-refractivity contribution in [3.05, 3.63) is 53.9 Å². The number of phenolic OH excluding ortho intramolecular Hbond substituents is 1. The fourth-order valence-electron chi connectivity index (χ4n) is 4.09. The molecule has 1 amide bonds. The van der Waals surface area contributed by atoms with Crippen LogP contribution in [-0.2, 0) is 17.9 Å². The van der Waals surface area contributed by atoms with Crippen molar-refractivity contribution in [3.8, 4) is 11.5 Å². The molecule has 6 nitrogen and oxygen atoms in total. The lowest BCUT2D eigenvalue weighted by Crippen LogP contribution is -2.41. The molecule has 2 aromatic rings. The van der Waals surface area contributed by atoms with E-state index in [-0.39, 0.29) is 11.7 Å². The maximum atomic E-state index is 12.4. The summed E-state index contributed by atoms with van der Waals surface area (Å²) in [6.07, 6.45) is 6.13. The molecule has 0 bridgehead atoms. The van der Waals surface area contributed by atoms with Gasteiger partial charge in [0.2, 0.25) is 5.91 Å². The highest BCUT2D eigenvalue weighted by Crippen LogP contribution is 2.31. The Kier molecular flexibility index (Phi) is 7.47. The number of aromatic nitrogens is 1. The second-order valence-corrected chi connectivity index (χ2v) is 7.79. The van der Waals surface area contributed by atoms with Gasteiger partial charge in [-0.3, -0.25) is 14.7 Å². The minimum atomic E-state index is 0.110. The zero-order valence-electron chi connectivity index (χ0n) is 17.3. The number of carbonyl (C=O) groups excluding carboxylic acids is 1. The van der Waals surface area contributed by atoms with E-state index in [1.54, 1.807) is 25.6 Å². The van der Waals surface area contributed by atoms with E-state index >= 15 is 0 Å². The third-order valence-electron chi connectivity index (χ3n) is 5.85. The van der Waals surface area contributed by atoms with Crippen molar-refractivity contribution in [2.45, 2.75) is 39.3 Å². The number of nitrogens with zero attached hydrogens (tertiary/aromatic N) is 2. The highest BCUT2D eigenvalue weighted by molar-refractivity contribution is 5.76. The van der Waals surface area contributed by atoms with Gasteiger partial charge in [-0.1, -0.05) is 25.5 Å². The Morgan fingerprint density at radius 2 is 2.21 bits per heavy atom. The molecule has 1 aliphatic rings. The van der Waals surface area contributed by atoms with Crippen molar-refractivity contribution in [2.75, 3.05) is 20.2 Å². The molecule has 6 heteroatoms. The Balaban J connectivity index is 1.50. The number of aromatic hydroxyl groups is 1. The van der Waals surface area contributed by atoms with Gasteiger partial charge in [-0.25, -0.2) is 0 Å². The third kappa shape index (κ3) is 5.94. The van der Waals surface area contributed by atoms with Crippen LogP contribution >= 0.6 is 0 Å². The number of methoxy groups -OCH3 is 1. The second-order valence-electron chi connectivity index (χ2n) is 7.79. The number of rotatable bonds is 8. The first-order chi connectivity index (χ1) is 14.1. The lowest BCUT2D eigenvalue weighted by Gasteiger charge is -2.38. The van der Waals surface area contributed by atoms with E-state index in [4.69, 9.17) is 4.74 Å². The van der Waals surface area contributed by atoms with Gasteiger partial charge in [0.15, 0.2) is 0 Å². The molecule has 2 atom stereocenters. The number of hydrogen-bond donors (Lipinski definition) is 2. The Bertz CT molecular complexity index is 797. The Labute approximate surface area is 172 Å². The number of amides is 1. The Morgan fingerprint density at radius 1 is 1.34 bits per heavy atom. The predicted octanol–water partition coefficient (Wildman–Crippen LogP) is 3.35. The molecule has 3 rings (SSSR count). The summed E-state index contributed by atoms with van der Waals surface area (Å²) in [6, 6.07) is 9.31. The largest absolute Gasteiger partial charge is 0.507 e. The van der Waals surface area contributed by atoms with Crippen molar-refractivity contribution in [1.82, 2.24) is 15.2 Å². The minimum Gasteiger partial charge on any atom is -0.507 e. The quantitative estimate of drug-likeness (QED) is 0.715. The summed E-state index contributed by atoms with van der Waals surface area (Å²) in [5.41, 5.74) is 1.93. The fourth-order valence-corrected chi connectivity index (χ4v) is 4.09. The van der Waals surface area contributed by atoms with Gasteiger partial charge in [-0.2, -0.15) is 0 Å². The Hall–Kier alpha value is -2.60. The first-order valence-corrected chi connectivity index (χ1v) is 10.3. The van der Waals surface area contributed by atoms with E-state index in [9.17, 15) is 9.90 Å². The number of ether oxygens (including phenoxy) is 1. The van der Waals surface area contributed by atoms with Gasteiger partial charge in [-0.15, -0.1) is 0 Å². The molecular formula is C23H31N3O3. The zero-order valence-corrected chi connectivity index (χ0v) is 17.3. The number of hydrogen-bond acceptors (Lipinski definition) is 5. The molecule has 1 fully saturated rings. The van der Waals surface area contributed by atoms with E-state index in [0.29, 0.717) is 37.1 Å². The first-order valence-electron chi connectivity index (χ1n) is 10.3. The lowest BCUT2D eigenvalue weighted by molar-refractivity contribution is -0.123. The van der Waals surface area contributed by atoms with Gasteiger partial charge in [0.05, 0.1) is 7.11 Å². The van der Waals surface area contributed by atoms with Crippen LogP contribution in [-0.4, -0.2) is 41.1 Å². The second kappa shape index (κ2) is 10.3. The maximum Gasteiger partial charge on any atom is 0.220 e. The van der Waals surface area contributed by atoms with Crippen LogP contribution in [0.1, 0.15) is 37.3 Å². The van der Waals surface area contributed by atoms with Gasteiger partial charge in [0, 0.05) is 50.1 Å². The molecule has 2 heterocycles. The standard InChI is InChI=1S/C23H31N3O3/c1-3-18-15-26(16-20-6-7-21(29-2)12-22(20)27)10-8-19(18)11-23(28)25-14-17-5-4-9-24-13-17/h4-7,9,12-13,18-19,27H,3,8,10-11,14-16H2,1-2H3,(H,25,28). The van der Waals surface area contributed by atoms with Crippen molar-refractivity contribution in [2.24, 2.45) is 11.8 Å². The van der Waals surface area contributed by atoms with E-state index in [0.717, 1.165) is 37.1 Å². The van der Waals surface area contributed by atoms with Crippen molar-refractivity contribution >= 4 is 5.91 Å². The van der Waals surface area contributed by atoms with Gasteiger partial charge < -0.3 is 15.2 Å². The van der Waals surface area contributed by atoms with Crippen LogP contribution in [0.2, 0.25) is 0 Å². The smallest absolute Gasteiger partial charge is 0.220 e. The van der Waals surface area contributed by atoms with Crippen LogP contribution in [0.15, 0.2) is 42.7 Å². The minimum absolute atomic E-state index is 0.110. The fraction of sp³-hybridized carbons (Fsp3) is 0.478. The third-order valence-corrected chi connectivity index (χ3v) is 5.85. The molecule has 29 heavy (non-hydrogen) atoms. The van der Waals surface area contributed by atoms with E-state index < -0.39 is 0 Å². The number of likely N-dealkylation sites (tertiary alicyclic amines) is 1. The van der Waals surface area contributed by atoms with Crippen LogP contribution in [0.4, 0.5) is 0 Å². The van der Waals surface area contributed by atoms with Crippen LogP contribution in [0, 0.1) is 11.8 Å². The molecule has 2 unspecified atom stereocenters. The summed E-state index contributed by atoms with van der Waals surface area (Å²) < 4.78 is 5.16. The summed E-state index contributed by atoms with van der Waals surface area (Å²) in [5, 5.41) is 13.3. The van der Waals surface area contributed by atoms with Crippen molar-refractivity contribution < 1.29 is 14.6 Å². The lowest BCUT2D eigenvalue weighted by atomic mass is 9.81. The first kappa shape index (κ1) is 21.1. The molecule has 1 saturated heterocycles. The number of carbonyl (C=O) groups is 1. The summed E-state index contributed by atoms with van der Waals surface area (Å²) in [4.78, 5) is 18.9. The number of benzene rings is 1. The van der Waals surface area contributed by atoms with Crippen molar-refractivity contribution in [1.29, 1.82) is 0 Å². The number of nitrogens with one attached hydrogen (secondary N) is 1. The zero-order chi connectivity index (χ0) is 20.6. The van der Waals surface area contributed by atoms with E-state index in [1.165, 1.54) is 0 Å².